The second-order valence-corrected chi connectivity index (χ2v) is 7.69. The number of hydrogen-bond acceptors (Lipinski definition) is 4. The summed E-state index contributed by atoms with van der Waals surface area (Å²) in [5.41, 5.74) is 1.45. The fourth-order valence-corrected chi connectivity index (χ4v) is 4.12. The van der Waals surface area contributed by atoms with E-state index in [1.54, 1.807) is 11.3 Å². The molecule has 2 N–H and O–H groups in total. The molecular formula is C20H28F2IN5S. The number of anilines is 1. The molecule has 29 heavy (non-hydrogen) atoms. The number of halogens is 3. The van der Waals surface area contributed by atoms with Gasteiger partial charge in [0.15, 0.2) is 11.1 Å². The van der Waals surface area contributed by atoms with Crippen molar-refractivity contribution in [2.45, 2.75) is 39.2 Å². The predicted molar refractivity (Wildman–Crippen MR) is 127 cm³/mol. The average Bonchev–Trinajstić information content (AvgIpc) is 3.33. The summed E-state index contributed by atoms with van der Waals surface area (Å²) in [6, 6.07) is 3.29. The summed E-state index contributed by atoms with van der Waals surface area (Å²) in [5.74, 6) is -0.535. The van der Waals surface area contributed by atoms with E-state index in [1.165, 1.54) is 25.0 Å². The Morgan fingerprint density at radius 2 is 2.07 bits per heavy atom. The molecule has 3 rings (SSSR count). The van der Waals surface area contributed by atoms with E-state index in [9.17, 15) is 8.78 Å². The van der Waals surface area contributed by atoms with Crippen LogP contribution in [0.1, 0.15) is 44.0 Å². The monoisotopic (exact) mass is 535 g/mol. The van der Waals surface area contributed by atoms with Crippen molar-refractivity contribution < 1.29 is 8.78 Å². The van der Waals surface area contributed by atoms with Crippen LogP contribution in [0, 0.1) is 11.6 Å². The third kappa shape index (κ3) is 6.77. The van der Waals surface area contributed by atoms with Crippen LogP contribution in [0.4, 0.5) is 13.9 Å². The summed E-state index contributed by atoms with van der Waals surface area (Å²) in [4.78, 5) is 11.6. The molecule has 0 aliphatic carbocycles. The number of aliphatic imine (C=N–C) groups is 1. The Morgan fingerprint density at radius 1 is 1.31 bits per heavy atom. The van der Waals surface area contributed by atoms with Gasteiger partial charge in [0.2, 0.25) is 0 Å². The van der Waals surface area contributed by atoms with Gasteiger partial charge in [0.25, 0.3) is 0 Å². The number of thiazole rings is 1. The van der Waals surface area contributed by atoms with E-state index in [4.69, 9.17) is 4.98 Å². The maximum atomic E-state index is 14.0. The summed E-state index contributed by atoms with van der Waals surface area (Å²) < 4.78 is 27.1. The van der Waals surface area contributed by atoms with Gasteiger partial charge in [-0.05, 0) is 32.8 Å². The van der Waals surface area contributed by atoms with E-state index in [2.05, 4.69) is 25.9 Å². The Morgan fingerprint density at radius 3 is 2.76 bits per heavy atom. The molecule has 9 heteroatoms. The van der Waals surface area contributed by atoms with Gasteiger partial charge in [0.05, 0.1) is 11.7 Å². The fourth-order valence-electron chi connectivity index (χ4n) is 3.20. The van der Waals surface area contributed by atoms with E-state index in [-0.39, 0.29) is 30.0 Å². The largest absolute Gasteiger partial charge is 0.357 e. The summed E-state index contributed by atoms with van der Waals surface area (Å²) in [5, 5.41) is 9.54. The Kier molecular flexibility index (Phi) is 9.54. The molecule has 0 amide bonds. The van der Waals surface area contributed by atoms with Gasteiger partial charge >= 0.3 is 0 Å². The molecule has 2 aromatic rings. The van der Waals surface area contributed by atoms with Gasteiger partial charge in [0.1, 0.15) is 11.6 Å². The normalized spacial score (nSPS) is 15.2. The number of benzene rings is 1. The quantitative estimate of drug-likeness (QED) is 0.312. The number of hydrogen-bond donors (Lipinski definition) is 2. The maximum Gasteiger partial charge on any atom is 0.191 e. The molecule has 1 aliphatic rings. The van der Waals surface area contributed by atoms with Crippen LogP contribution in [-0.4, -0.2) is 37.1 Å². The number of nitrogens with zero attached hydrogens (tertiary/aromatic N) is 3. The second kappa shape index (κ2) is 11.6. The first kappa shape index (κ1) is 23.8. The highest BCUT2D eigenvalue weighted by molar-refractivity contribution is 14.0. The van der Waals surface area contributed by atoms with Crippen molar-refractivity contribution in [1.29, 1.82) is 0 Å². The predicted octanol–water partition coefficient (Wildman–Crippen LogP) is 4.50. The minimum atomic E-state index is -0.578. The summed E-state index contributed by atoms with van der Waals surface area (Å²) >= 11 is 1.69. The molecule has 1 saturated heterocycles. The number of rotatable bonds is 7. The van der Waals surface area contributed by atoms with E-state index in [0.29, 0.717) is 24.6 Å². The van der Waals surface area contributed by atoms with Gasteiger partial charge in [-0.2, -0.15) is 0 Å². The first-order chi connectivity index (χ1) is 13.6. The van der Waals surface area contributed by atoms with Gasteiger partial charge in [0, 0.05) is 49.6 Å². The van der Waals surface area contributed by atoms with Crippen LogP contribution in [0.3, 0.4) is 0 Å². The number of nitrogens with one attached hydrogen (secondary N) is 2. The molecule has 1 aromatic carbocycles. The smallest absolute Gasteiger partial charge is 0.191 e. The Labute approximate surface area is 192 Å². The Balaban J connectivity index is 0.00000300. The molecule has 2 heterocycles. The van der Waals surface area contributed by atoms with Crippen molar-refractivity contribution in [3.8, 4) is 0 Å². The van der Waals surface area contributed by atoms with Crippen molar-refractivity contribution in [2.24, 2.45) is 4.99 Å². The van der Waals surface area contributed by atoms with Crippen molar-refractivity contribution >= 4 is 46.4 Å². The van der Waals surface area contributed by atoms with Gasteiger partial charge in [-0.1, -0.05) is 6.07 Å². The van der Waals surface area contributed by atoms with Gasteiger partial charge in [-0.15, -0.1) is 35.3 Å². The van der Waals surface area contributed by atoms with E-state index >= 15 is 0 Å². The van der Waals surface area contributed by atoms with Crippen molar-refractivity contribution in [2.75, 3.05) is 31.1 Å². The maximum absolute atomic E-state index is 14.0. The molecule has 1 atom stereocenters. The van der Waals surface area contributed by atoms with Gasteiger partial charge in [-0.25, -0.2) is 13.8 Å². The van der Waals surface area contributed by atoms with Gasteiger partial charge < -0.3 is 15.5 Å². The Hall–Kier alpha value is -1.49. The number of aromatic nitrogens is 1. The van der Waals surface area contributed by atoms with Crippen molar-refractivity contribution in [1.82, 2.24) is 15.6 Å². The van der Waals surface area contributed by atoms with E-state index < -0.39 is 11.6 Å². The SMILES string of the molecule is CCNC(=NCCc1csc(N2CCCC2)n1)NC(C)c1ccc(F)cc1F.I. The molecule has 0 saturated carbocycles. The highest BCUT2D eigenvalue weighted by Crippen LogP contribution is 2.24. The van der Waals surface area contributed by atoms with Gasteiger partial charge in [-0.3, -0.25) is 4.99 Å². The molecule has 0 spiro atoms. The van der Waals surface area contributed by atoms with E-state index in [1.807, 2.05) is 13.8 Å². The lowest BCUT2D eigenvalue weighted by Gasteiger charge is -2.18. The van der Waals surface area contributed by atoms with E-state index in [0.717, 1.165) is 36.4 Å². The molecule has 5 nitrogen and oxygen atoms in total. The lowest BCUT2D eigenvalue weighted by atomic mass is 10.1. The molecular weight excluding hydrogens is 507 g/mol. The fraction of sp³-hybridized carbons (Fsp3) is 0.500. The standard InChI is InChI=1S/C20H27F2N5S.HI/c1-3-23-19(25-14(2)17-7-6-15(21)12-18(17)22)24-9-8-16-13-28-20(26-16)27-10-4-5-11-27;/h6-7,12-14H,3-5,8-11H2,1-2H3,(H2,23,24,25);1H. The Bertz CT molecular complexity index is 808. The van der Waals surface area contributed by atoms with Crippen LogP contribution in [0.15, 0.2) is 28.6 Å². The minimum Gasteiger partial charge on any atom is -0.357 e. The summed E-state index contributed by atoms with van der Waals surface area (Å²) in [6.45, 7) is 7.27. The summed E-state index contributed by atoms with van der Waals surface area (Å²) in [7, 11) is 0. The van der Waals surface area contributed by atoms with Crippen LogP contribution in [0.5, 0.6) is 0 Å². The third-order valence-corrected chi connectivity index (χ3v) is 5.63. The highest BCUT2D eigenvalue weighted by atomic mass is 127. The lowest BCUT2D eigenvalue weighted by Crippen LogP contribution is -2.39. The number of guanidine groups is 1. The van der Waals surface area contributed by atoms with Crippen LogP contribution < -0.4 is 15.5 Å². The highest BCUT2D eigenvalue weighted by Gasteiger charge is 2.16. The van der Waals surface area contributed by atoms with Crippen LogP contribution in [-0.2, 0) is 6.42 Å². The molecule has 160 valence electrons. The van der Waals surface area contributed by atoms with Crippen molar-refractivity contribution in [3.63, 3.8) is 0 Å². The molecule has 1 fully saturated rings. The molecule has 1 unspecified atom stereocenters. The molecule has 1 aromatic heterocycles. The van der Waals surface area contributed by atoms with Crippen LogP contribution in [0.2, 0.25) is 0 Å². The summed E-state index contributed by atoms with van der Waals surface area (Å²) in [6.07, 6.45) is 3.23. The average molecular weight is 535 g/mol. The lowest BCUT2D eigenvalue weighted by molar-refractivity contribution is 0.551. The molecule has 1 aliphatic heterocycles. The molecule has 0 radical (unpaired) electrons. The second-order valence-electron chi connectivity index (χ2n) is 6.86. The topological polar surface area (TPSA) is 52.6 Å². The van der Waals surface area contributed by atoms with Crippen molar-refractivity contribution in [3.05, 3.63) is 46.5 Å². The van der Waals surface area contributed by atoms with Crippen LogP contribution in [0.25, 0.3) is 0 Å². The zero-order valence-corrected chi connectivity index (χ0v) is 19.9. The zero-order valence-electron chi connectivity index (χ0n) is 16.8. The first-order valence-corrected chi connectivity index (χ1v) is 10.6. The van der Waals surface area contributed by atoms with Crippen LogP contribution >= 0.6 is 35.3 Å². The molecule has 0 bridgehead atoms. The first-order valence-electron chi connectivity index (χ1n) is 9.76. The minimum absolute atomic E-state index is 0. The zero-order chi connectivity index (χ0) is 19.9. The third-order valence-electron chi connectivity index (χ3n) is 4.68.